The van der Waals surface area contributed by atoms with E-state index in [1.807, 2.05) is 31.4 Å². The molecule has 158 valence electrons. The third kappa shape index (κ3) is 4.81. The number of aryl methyl sites for hydroxylation is 1. The van der Waals surface area contributed by atoms with E-state index in [2.05, 4.69) is 25.3 Å². The number of benzene rings is 1. The molecule has 1 aromatic carbocycles. The Morgan fingerprint density at radius 1 is 1.23 bits per heavy atom. The van der Waals surface area contributed by atoms with Crippen molar-refractivity contribution < 1.29 is 9.18 Å². The zero-order valence-corrected chi connectivity index (χ0v) is 17.6. The van der Waals surface area contributed by atoms with Crippen LogP contribution in [0.15, 0.2) is 36.8 Å². The predicted octanol–water partition coefficient (Wildman–Crippen LogP) is 3.43. The van der Waals surface area contributed by atoms with E-state index in [4.69, 9.17) is 0 Å². The summed E-state index contributed by atoms with van der Waals surface area (Å²) in [6, 6.07) is 5.94. The van der Waals surface area contributed by atoms with Gasteiger partial charge in [-0.3, -0.25) is 14.8 Å². The van der Waals surface area contributed by atoms with Gasteiger partial charge in [-0.25, -0.2) is 14.4 Å². The molecule has 0 saturated carbocycles. The van der Waals surface area contributed by atoms with Crippen molar-refractivity contribution in [3.8, 4) is 11.1 Å². The number of fused-ring (bicyclic) bond motifs is 1. The number of piperidine rings is 1. The Kier molecular flexibility index (Phi) is 5.51. The Hall–Kier alpha value is -2.87. The molecule has 1 aliphatic heterocycles. The monoisotopic (exact) mass is 410 g/mol. The highest BCUT2D eigenvalue weighted by molar-refractivity contribution is 5.92. The lowest BCUT2D eigenvalue weighted by molar-refractivity contribution is -0.121. The molecule has 1 aliphatic rings. The molecule has 4 rings (SSSR count). The molecule has 30 heavy (non-hydrogen) atoms. The van der Waals surface area contributed by atoms with Gasteiger partial charge in [-0.2, -0.15) is 5.10 Å². The van der Waals surface area contributed by atoms with Crippen molar-refractivity contribution in [1.29, 1.82) is 0 Å². The molecular formula is C22H27FN6O. The van der Waals surface area contributed by atoms with E-state index in [1.165, 1.54) is 0 Å². The summed E-state index contributed by atoms with van der Waals surface area (Å²) in [7, 11) is 1.88. The Morgan fingerprint density at radius 3 is 2.67 bits per heavy atom. The van der Waals surface area contributed by atoms with Crippen LogP contribution < -0.4 is 5.32 Å². The highest BCUT2D eigenvalue weighted by atomic mass is 19.1. The van der Waals surface area contributed by atoms with E-state index in [1.54, 1.807) is 30.9 Å². The van der Waals surface area contributed by atoms with Crippen LogP contribution in [0.25, 0.3) is 22.0 Å². The highest BCUT2D eigenvalue weighted by Gasteiger charge is 2.28. The molecule has 3 aromatic rings. The molecule has 0 unspecified atom stereocenters. The van der Waals surface area contributed by atoms with Gasteiger partial charge in [0.2, 0.25) is 11.9 Å². The number of anilines is 1. The minimum Gasteiger partial charge on any atom is -0.300 e. The molecule has 1 N–H and O–H groups in total. The topological polar surface area (TPSA) is 75.9 Å². The van der Waals surface area contributed by atoms with Crippen molar-refractivity contribution in [2.24, 2.45) is 13.0 Å². The zero-order chi connectivity index (χ0) is 21.3. The summed E-state index contributed by atoms with van der Waals surface area (Å²) >= 11 is 0. The standard InChI is InChI=1S/C22H27FN6O/c1-22(2,23)14-29-8-6-15(7-9-29)20(30)27-21-24-11-17-5-4-16(10-19(17)26-21)18-12-25-28(3)13-18/h4-5,10-13,15H,6-9,14H2,1-3H3,(H,24,26,27,30). The summed E-state index contributed by atoms with van der Waals surface area (Å²) in [6.45, 7) is 5.01. The molecule has 1 amide bonds. The van der Waals surface area contributed by atoms with Gasteiger partial charge in [0, 0.05) is 42.9 Å². The smallest absolute Gasteiger partial charge is 0.229 e. The number of hydrogen-bond donors (Lipinski definition) is 1. The predicted molar refractivity (Wildman–Crippen MR) is 115 cm³/mol. The van der Waals surface area contributed by atoms with Gasteiger partial charge in [-0.15, -0.1) is 0 Å². The second kappa shape index (κ2) is 8.10. The van der Waals surface area contributed by atoms with E-state index >= 15 is 0 Å². The molecule has 2 aromatic heterocycles. The van der Waals surface area contributed by atoms with Crippen LogP contribution in [-0.2, 0) is 11.8 Å². The number of nitrogens with zero attached hydrogens (tertiary/aromatic N) is 5. The fraction of sp³-hybridized carbons (Fsp3) is 0.455. The van der Waals surface area contributed by atoms with Crippen LogP contribution in [0.5, 0.6) is 0 Å². The number of rotatable bonds is 5. The quantitative estimate of drug-likeness (QED) is 0.697. The Morgan fingerprint density at radius 2 is 2.00 bits per heavy atom. The number of alkyl halides is 1. The van der Waals surface area contributed by atoms with Crippen LogP contribution in [0.3, 0.4) is 0 Å². The number of halogens is 1. The van der Waals surface area contributed by atoms with Gasteiger partial charge in [0.05, 0.1) is 11.7 Å². The van der Waals surface area contributed by atoms with Gasteiger partial charge in [-0.1, -0.05) is 12.1 Å². The number of amides is 1. The maximum absolute atomic E-state index is 13.8. The Labute approximate surface area is 175 Å². The highest BCUT2D eigenvalue weighted by Crippen LogP contribution is 2.24. The maximum Gasteiger partial charge on any atom is 0.229 e. The first kappa shape index (κ1) is 20.4. The van der Waals surface area contributed by atoms with Gasteiger partial charge in [0.15, 0.2) is 0 Å². The average molecular weight is 410 g/mol. The minimum absolute atomic E-state index is 0.0723. The minimum atomic E-state index is -1.22. The van der Waals surface area contributed by atoms with Crippen LogP contribution in [0, 0.1) is 5.92 Å². The second-order valence-corrected chi connectivity index (χ2v) is 8.63. The first-order chi connectivity index (χ1) is 14.3. The van der Waals surface area contributed by atoms with Crippen LogP contribution >= 0.6 is 0 Å². The lowest BCUT2D eigenvalue weighted by atomic mass is 9.95. The van der Waals surface area contributed by atoms with Gasteiger partial charge in [0.1, 0.15) is 5.67 Å². The first-order valence-electron chi connectivity index (χ1n) is 10.2. The molecule has 8 heteroatoms. The molecule has 0 bridgehead atoms. The molecule has 1 saturated heterocycles. The summed E-state index contributed by atoms with van der Waals surface area (Å²) in [5.41, 5.74) is 1.56. The molecular weight excluding hydrogens is 383 g/mol. The van der Waals surface area contributed by atoms with Gasteiger partial charge in [0.25, 0.3) is 0 Å². The van der Waals surface area contributed by atoms with E-state index in [-0.39, 0.29) is 11.8 Å². The lowest BCUT2D eigenvalue weighted by Gasteiger charge is -2.33. The molecule has 0 aliphatic carbocycles. The van der Waals surface area contributed by atoms with Crippen molar-refractivity contribution in [1.82, 2.24) is 24.6 Å². The van der Waals surface area contributed by atoms with Gasteiger partial charge >= 0.3 is 0 Å². The number of carbonyl (C=O) groups is 1. The van der Waals surface area contributed by atoms with Crippen LogP contribution in [0.4, 0.5) is 10.3 Å². The molecule has 0 spiro atoms. The van der Waals surface area contributed by atoms with Crippen molar-refractivity contribution in [3.63, 3.8) is 0 Å². The first-order valence-corrected chi connectivity index (χ1v) is 10.2. The number of aromatic nitrogens is 4. The van der Waals surface area contributed by atoms with E-state index < -0.39 is 5.67 Å². The molecule has 0 atom stereocenters. The number of nitrogens with one attached hydrogen (secondary N) is 1. The van der Waals surface area contributed by atoms with Gasteiger partial charge < -0.3 is 4.90 Å². The molecule has 0 radical (unpaired) electrons. The normalized spacial score (nSPS) is 16.1. The van der Waals surface area contributed by atoms with Gasteiger partial charge in [-0.05, 0) is 51.4 Å². The van der Waals surface area contributed by atoms with Crippen LogP contribution in [-0.4, -0.2) is 55.9 Å². The third-order valence-corrected chi connectivity index (χ3v) is 5.41. The summed E-state index contributed by atoms with van der Waals surface area (Å²) in [5.74, 6) is 0.130. The second-order valence-electron chi connectivity index (χ2n) is 8.63. The molecule has 3 heterocycles. The van der Waals surface area contributed by atoms with E-state index in [0.717, 1.165) is 35.1 Å². The summed E-state index contributed by atoms with van der Waals surface area (Å²) < 4.78 is 15.6. The Bertz CT molecular complexity index is 1050. The summed E-state index contributed by atoms with van der Waals surface area (Å²) in [6.07, 6.45) is 6.89. The SMILES string of the molecule is Cn1cc(-c2ccc3cnc(NC(=O)C4CCN(CC(C)(C)F)CC4)nc3c2)cn1. The maximum atomic E-state index is 13.8. The van der Waals surface area contributed by atoms with Crippen molar-refractivity contribution in [2.45, 2.75) is 32.4 Å². The van der Waals surface area contributed by atoms with Crippen molar-refractivity contribution in [3.05, 3.63) is 36.8 Å². The Balaban J connectivity index is 1.43. The molecule has 1 fully saturated rings. The van der Waals surface area contributed by atoms with E-state index in [0.29, 0.717) is 25.3 Å². The molecule has 7 nitrogen and oxygen atoms in total. The average Bonchev–Trinajstić information content (AvgIpc) is 3.13. The summed E-state index contributed by atoms with van der Waals surface area (Å²) in [4.78, 5) is 23.6. The number of carbonyl (C=O) groups excluding carboxylic acids is 1. The van der Waals surface area contributed by atoms with Crippen molar-refractivity contribution >= 4 is 22.8 Å². The van der Waals surface area contributed by atoms with E-state index in [9.17, 15) is 9.18 Å². The van der Waals surface area contributed by atoms with Crippen LogP contribution in [0.1, 0.15) is 26.7 Å². The number of likely N-dealkylation sites (tertiary alicyclic amines) is 1. The lowest BCUT2D eigenvalue weighted by Crippen LogP contribution is -2.43. The largest absolute Gasteiger partial charge is 0.300 e. The van der Waals surface area contributed by atoms with Crippen LogP contribution in [0.2, 0.25) is 0 Å². The zero-order valence-electron chi connectivity index (χ0n) is 17.6. The fourth-order valence-corrected chi connectivity index (χ4v) is 3.93. The summed E-state index contributed by atoms with van der Waals surface area (Å²) in [5, 5.41) is 7.97. The number of hydrogen-bond acceptors (Lipinski definition) is 5. The van der Waals surface area contributed by atoms with Crippen molar-refractivity contribution in [2.75, 3.05) is 25.0 Å². The third-order valence-electron chi connectivity index (χ3n) is 5.41. The fourth-order valence-electron chi connectivity index (χ4n) is 3.93.